The van der Waals surface area contributed by atoms with E-state index in [1.165, 1.54) is 11.3 Å². The average molecular weight is 431 g/mol. The maximum absolute atomic E-state index is 12.9. The first-order chi connectivity index (χ1) is 15.8. The monoisotopic (exact) mass is 430 g/mol. The third kappa shape index (κ3) is 4.52. The lowest BCUT2D eigenvalue weighted by Gasteiger charge is -2.34. The van der Waals surface area contributed by atoms with E-state index in [2.05, 4.69) is 27.3 Å². The fraction of sp³-hybridized carbons (Fsp3) is 0.440. The van der Waals surface area contributed by atoms with Crippen molar-refractivity contribution in [1.82, 2.24) is 24.8 Å². The van der Waals surface area contributed by atoms with Gasteiger partial charge in [-0.05, 0) is 38.5 Å². The van der Waals surface area contributed by atoms with Crippen molar-refractivity contribution >= 4 is 11.7 Å². The number of hydrogen-bond donors (Lipinski definition) is 1. The topological polar surface area (TPSA) is 75.9 Å². The van der Waals surface area contributed by atoms with Gasteiger partial charge in [0, 0.05) is 55.4 Å². The van der Waals surface area contributed by atoms with Crippen LogP contribution in [0.25, 0.3) is 11.4 Å². The Morgan fingerprint density at radius 2 is 2.03 bits per heavy atom. The van der Waals surface area contributed by atoms with Crippen LogP contribution in [0, 0.1) is 5.92 Å². The second-order valence-electron chi connectivity index (χ2n) is 8.75. The zero-order chi connectivity index (χ0) is 21.8. The molecule has 7 nitrogen and oxygen atoms in total. The summed E-state index contributed by atoms with van der Waals surface area (Å²) in [5.74, 6) is 2.01. The number of anilines is 1. The van der Waals surface area contributed by atoms with Crippen LogP contribution in [0.5, 0.6) is 0 Å². The predicted octanol–water partition coefficient (Wildman–Crippen LogP) is 3.25. The van der Waals surface area contributed by atoms with Crippen LogP contribution in [0.15, 0.2) is 49.1 Å². The summed E-state index contributed by atoms with van der Waals surface area (Å²) in [6.07, 6.45) is 11.6. The molecule has 1 atom stereocenters. The number of hydrogen-bond acceptors (Lipinski definition) is 5. The lowest BCUT2D eigenvalue weighted by atomic mass is 9.96. The zero-order valence-electron chi connectivity index (χ0n) is 18.4. The molecule has 166 valence electrons. The quantitative estimate of drug-likeness (QED) is 0.583. The molecule has 1 N–H and O–H groups in total. The summed E-state index contributed by atoms with van der Waals surface area (Å²) in [5.41, 5.74) is 3.51. The van der Waals surface area contributed by atoms with Gasteiger partial charge in [0.2, 0.25) is 5.91 Å². The number of fused-ring (bicyclic) bond motifs is 1. The molecule has 7 heteroatoms. The number of piperidine rings is 1. The van der Waals surface area contributed by atoms with Gasteiger partial charge in [0.15, 0.2) is 5.82 Å². The van der Waals surface area contributed by atoms with Crippen LogP contribution in [-0.2, 0) is 24.2 Å². The Morgan fingerprint density at radius 3 is 2.88 bits per heavy atom. The van der Waals surface area contributed by atoms with Gasteiger partial charge in [-0.15, -0.1) is 0 Å². The smallest absolute Gasteiger partial charge is 0.224 e. The first-order valence-corrected chi connectivity index (χ1v) is 11.7. The van der Waals surface area contributed by atoms with Crippen LogP contribution in [-0.4, -0.2) is 45.1 Å². The Labute approximate surface area is 188 Å². The van der Waals surface area contributed by atoms with Gasteiger partial charge in [-0.3, -0.25) is 4.79 Å². The molecule has 0 radical (unpaired) electrons. The maximum atomic E-state index is 12.9. The van der Waals surface area contributed by atoms with Crippen molar-refractivity contribution in [3.63, 3.8) is 0 Å². The fourth-order valence-electron chi connectivity index (χ4n) is 4.81. The van der Waals surface area contributed by atoms with Crippen molar-refractivity contribution in [2.24, 2.45) is 5.92 Å². The number of nitrogens with zero attached hydrogens (tertiary/aromatic N) is 5. The predicted molar refractivity (Wildman–Crippen MR) is 124 cm³/mol. The number of benzene rings is 1. The van der Waals surface area contributed by atoms with Crippen molar-refractivity contribution < 1.29 is 4.79 Å². The Kier molecular flexibility index (Phi) is 6.14. The minimum absolute atomic E-state index is 0.00388. The summed E-state index contributed by atoms with van der Waals surface area (Å²) < 4.78 is 2.04. The summed E-state index contributed by atoms with van der Waals surface area (Å²) in [6, 6.07) is 10.2. The second-order valence-corrected chi connectivity index (χ2v) is 8.75. The van der Waals surface area contributed by atoms with Crippen molar-refractivity contribution in [3.05, 3.63) is 60.3 Å². The Morgan fingerprint density at radius 1 is 1.12 bits per heavy atom. The molecular weight excluding hydrogens is 400 g/mol. The van der Waals surface area contributed by atoms with E-state index in [0.717, 1.165) is 75.4 Å². The molecule has 1 unspecified atom stereocenters. The molecule has 5 rings (SSSR count). The summed E-state index contributed by atoms with van der Waals surface area (Å²) >= 11 is 0. The first kappa shape index (κ1) is 20.7. The van der Waals surface area contributed by atoms with Crippen LogP contribution in [0.3, 0.4) is 0 Å². The molecule has 1 amide bonds. The molecule has 32 heavy (non-hydrogen) atoms. The number of carbonyl (C=O) groups excluding carboxylic acids is 1. The van der Waals surface area contributed by atoms with E-state index in [9.17, 15) is 4.79 Å². The molecule has 0 saturated carbocycles. The molecule has 1 aliphatic heterocycles. The highest BCUT2D eigenvalue weighted by molar-refractivity contribution is 5.79. The standard InChI is InChI=1S/C25H30N6O/c32-25(27-12-6-14-30-16-13-26-18-30)20-9-5-15-31(17-20)24-21-10-4-11-22(21)28-23(29-24)19-7-2-1-3-8-19/h1-3,7-8,13,16,18,20H,4-6,9-12,14-15,17H2,(H,27,32). The van der Waals surface area contributed by atoms with E-state index in [-0.39, 0.29) is 11.8 Å². The molecule has 3 heterocycles. The Bertz CT molecular complexity index is 1050. The highest BCUT2D eigenvalue weighted by Crippen LogP contribution is 2.33. The number of nitrogens with one attached hydrogen (secondary N) is 1. The van der Waals surface area contributed by atoms with E-state index in [1.54, 1.807) is 6.20 Å². The number of aromatic nitrogens is 4. The molecule has 1 aliphatic carbocycles. The van der Waals surface area contributed by atoms with Gasteiger partial charge >= 0.3 is 0 Å². The lowest BCUT2D eigenvalue weighted by molar-refractivity contribution is -0.125. The van der Waals surface area contributed by atoms with E-state index in [0.29, 0.717) is 6.54 Å². The van der Waals surface area contributed by atoms with Crippen molar-refractivity contribution in [2.45, 2.75) is 45.1 Å². The molecule has 1 saturated heterocycles. The molecule has 0 bridgehead atoms. The number of rotatable bonds is 7. The highest BCUT2D eigenvalue weighted by atomic mass is 16.1. The van der Waals surface area contributed by atoms with Gasteiger partial charge in [0.1, 0.15) is 5.82 Å². The molecule has 2 aliphatic rings. The SMILES string of the molecule is O=C(NCCCn1ccnc1)C1CCCN(c2nc(-c3ccccc3)nc3c2CCC3)C1. The molecule has 1 fully saturated rings. The van der Waals surface area contributed by atoms with Gasteiger partial charge < -0.3 is 14.8 Å². The normalized spacial score (nSPS) is 17.9. The third-order valence-corrected chi connectivity index (χ3v) is 6.49. The van der Waals surface area contributed by atoms with Gasteiger partial charge in [-0.25, -0.2) is 15.0 Å². The van der Waals surface area contributed by atoms with Gasteiger partial charge in [-0.1, -0.05) is 30.3 Å². The highest BCUT2D eigenvalue weighted by Gasteiger charge is 2.30. The summed E-state index contributed by atoms with van der Waals surface area (Å²) in [5, 5.41) is 3.14. The molecule has 2 aromatic heterocycles. The van der Waals surface area contributed by atoms with Crippen molar-refractivity contribution in [3.8, 4) is 11.4 Å². The van der Waals surface area contributed by atoms with E-state index in [1.807, 2.05) is 35.3 Å². The zero-order valence-corrected chi connectivity index (χ0v) is 18.4. The number of imidazole rings is 1. The molecular formula is C25H30N6O. The molecule has 1 aromatic carbocycles. The lowest BCUT2D eigenvalue weighted by Crippen LogP contribution is -2.44. The number of carbonyl (C=O) groups is 1. The summed E-state index contributed by atoms with van der Waals surface area (Å²) in [7, 11) is 0. The summed E-state index contributed by atoms with van der Waals surface area (Å²) in [6.45, 7) is 3.23. The summed E-state index contributed by atoms with van der Waals surface area (Å²) in [4.78, 5) is 29.1. The van der Waals surface area contributed by atoms with Crippen LogP contribution in [0.4, 0.5) is 5.82 Å². The number of aryl methyl sites for hydroxylation is 2. The van der Waals surface area contributed by atoms with Crippen LogP contribution < -0.4 is 10.2 Å². The third-order valence-electron chi connectivity index (χ3n) is 6.49. The largest absolute Gasteiger partial charge is 0.356 e. The molecule has 3 aromatic rings. The van der Waals surface area contributed by atoms with E-state index >= 15 is 0 Å². The molecule has 0 spiro atoms. The van der Waals surface area contributed by atoms with Crippen LogP contribution >= 0.6 is 0 Å². The van der Waals surface area contributed by atoms with Gasteiger partial charge in [0.25, 0.3) is 0 Å². The fourth-order valence-corrected chi connectivity index (χ4v) is 4.81. The average Bonchev–Trinajstić information content (AvgIpc) is 3.54. The maximum Gasteiger partial charge on any atom is 0.224 e. The minimum Gasteiger partial charge on any atom is -0.356 e. The second kappa shape index (κ2) is 9.51. The van der Waals surface area contributed by atoms with E-state index in [4.69, 9.17) is 9.97 Å². The van der Waals surface area contributed by atoms with Crippen LogP contribution in [0.2, 0.25) is 0 Å². The van der Waals surface area contributed by atoms with Gasteiger partial charge in [0.05, 0.1) is 12.2 Å². The van der Waals surface area contributed by atoms with Crippen molar-refractivity contribution in [1.29, 1.82) is 0 Å². The van der Waals surface area contributed by atoms with E-state index < -0.39 is 0 Å². The Hall–Kier alpha value is -3.22. The Balaban J connectivity index is 1.27. The number of amides is 1. The first-order valence-electron chi connectivity index (χ1n) is 11.7. The van der Waals surface area contributed by atoms with Crippen LogP contribution in [0.1, 0.15) is 36.9 Å². The minimum atomic E-state index is 0.00388. The van der Waals surface area contributed by atoms with Crippen molar-refractivity contribution in [2.75, 3.05) is 24.5 Å². The van der Waals surface area contributed by atoms with Gasteiger partial charge in [-0.2, -0.15) is 0 Å².